The van der Waals surface area contributed by atoms with Crippen molar-refractivity contribution in [3.05, 3.63) is 23.4 Å². The van der Waals surface area contributed by atoms with Crippen LogP contribution in [-0.2, 0) is 6.42 Å². The first-order valence-electron chi connectivity index (χ1n) is 4.77. The SMILES string of the molecule is CC1(C(F)(F)F)Cc2cc(C(N)=O)cnc2S1. The lowest BCUT2D eigenvalue weighted by atomic mass is 10.0. The molecule has 92 valence electrons. The highest BCUT2D eigenvalue weighted by Crippen LogP contribution is 2.52. The molecule has 0 spiro atoms. The summed E-state index contributed by atoms with van der Waals surface area (Å²) >= 11 is 0.678. The lowest BCUT2D eigenvalue weighted by Crippen LogP contribution is -2.38. The molecule has 2 rings (SSSR count). The van der Waals surface area contributed by atoms with Crippen molar-refractivity contribution >= 4 is 17.7 Å². The van der Waals surface area contributed by atoms with Crippen molar-refractivity contribution in [2.45, 2.75) is 29.3 Å². The monoisotopic (exact) mass is 262 g/mol. The number of rotatable bonds is 1. The van der Waals surface area contributed by atoms with Gasteiger partial charge in [-0.1, -0.05) is 11.8 Å². The van der Waals surface area contributed by atoms with Gasteiger partial charge in [-0.15, -0.1) is 0 Å². The number of carbonyl (C=O) groups excluding carboxylic acids is 1. The van der Waals surface area contributed by atoms with Gasteiger partial charge < -0.3 is 5.73 Å². The minimum absolute atomic E-state index is 0.135. The molecule has 0 saturated heterocycles. The number of primary amides is 1. The number of carbonyl (C=O) groups is 1. The Morgan fingerprint density at radius 2 is 2.24 bits per heavy atom. The van der Waals surface area contributed by atoms with E-state index in [1.807, 2.05) is 0 Å². The Morgan fingerprint density at radius 1 is 1.59 bits per heavy atom. The number of amides is 1. The molecule has 0 aliphatic carbocycles. The molecule has 2 heterocycles. The second-order valence-electron chi connectivity index (χ2n) is 4.06. The van der Waals surface area contributed by atoms with Crippen LogP contribution in [0.15, 0.2) is 17.3 Å². The molecule has 0 radical (unpaired) electrons. The van der Waals surface area contributed by atoms with Crippen LogP contribution in [0, 0.1) is 0 Å². The highest BCUT2D eigenvalue weighted by Gasteiger charge is 2.55. The van der Waals surface area contributed by atoms with Crippen molar-refractivity contribution in [2.75, 3.05) is 0 Å². The van der Waals surface area contributed by atoms with Crippen molar-refractivity contribution in [3.8, 4) is 0 Å². The number of nitrogens with zero attached hydrogens (tertiary/aromatic N) is 1. The van der Waals surface area contributed by atoms with Gasteiger partial charge in [-0.2, -0.15) is 13.2 Å². The minimum atomic E-state index is -4.31. The summed E-state index contributed by atoms with van der Waals surface area (Å²) in [4.78, 5) is 14.8. The average Bonchev–Trinajstić information content (AvgIpc) is 2.52. The van der Waals surface area contributed by atoms with Gasteiger partial charge in [0.25, 0.3) is 0 Å². The molecule has 2 N–H and O–H groups in total. The number of thioether (sulfide) groups is 1. The summed E-state index contributed by atoms with van der Waals surface area (Å²) in [7, 11) is 0. The largest absolute Gasteiger partial charge is 0.403 e. The fourth-order valence-corrected chi connectivity index (χ4v) is 2.76. The first-order chi connectivity index (χ1) is 7.73. The molecule has 0 saturated carbocycles. The Morgan fingerprint density at radius 3 is 2.76 bits per heavy atom. The third kappa shape index (κ3) is 1.99. The molecule has 0 bridgehead atoms. The van der Waals surface area contributed by atoms with Crippen LogP contribution in [-0.4, -0.2) is 21.8 Å². The fourth-order valence-electron chi connectivity index (χ4n) is 1.62. The van der Waals surface area contributed by atoms with Crippen molar-refractivity contribution in [1.29, 1.82) is 0 Å². The Hall–Kier alpha value is -1.24. The zero-order valence-corrected chi connectivity index (χ0v) is 9.65. The van der Waals surface area contributed by atoms with Crippen LogP contribution < -0.4 is 5.73 Å². The van der Waals surface area contributed by atoms with Crippen molar-refractivity contribution in [2.24, 2.45) is 5.73 Å². The summed E-state index contributed by atoms with van der Waals surface area (Å²) in [6.45, 7) is 1.13. The van der Waals surface area contributed by atoms with Crippen molar-refractivity contribution in [3.63, 3.8) is 0 Å². The normalized spacial score (nSPS) is 23.5. The molecule has 0 fully saturated rings. The number of alkyl halides is 3. The van der Waals surface area contributed by atoms with E-state index >= 15 is 0 Å². The molecular weight excluding hydrogens is 253 g/mol. The van der Waals surface area contributed by atoms with Gasteiger partial charge >= 0.3 is 6.18 Å². The molecule has 0 aromatic carbocycles. The summed E-state index contributed by atoms with van der Waals surface area (Å²) in [6, 6.07) is 1.38. The summed E-state index contributed by atoms with van der Waals surface area (Å²) in [5.74, 6) is -0.689. The predicted molar refractivity (Wildman–Crippen MR) is 56.8 cm³/mol. The van der Waals surface area contributed by atoms with Crippen LogP contribution in [0.2, 0.25) is 0 Å². The number of aromatic nitrogens is 1. The molecule has 7 heteroatoms. The zero-order valence-electron chi connectivity index (χ0n) is 8.84. The number of pyridine rings is 1. The number of nitrogens with two attached hydrogens (primary N) is 1. The quantitative estimate of drug-likeness (QED) is 0.843. The highest BCUT2D eigenvalue weighted by molar-refractivity contribution is 8.01. The van der Waals surface area contributed by atoms with Gasteiger partial charge in [0.15, 0.2) is 0 Å². The van der Waals surface area contributed by atoms with E-state index < -0.39 is 16.8 Å². The molecule has 1 amide bonds. The smallest absolute Gasteiger partial charge is 0.366 e. The third-order valence-corrected chi connectivity index (χ3v) is 4.05. The van der Waals surface area contributed by atoms with E-state index in [0.717, 1.165) is 6.92 Å². The number of hydrogen-bond acceptors (Lipinski definition) is 3. The second kappa shape index (κ2) is 3.63. The fraction of sp³-hybridized carbons (Fsp3) is 0.400. The van der Waals surface area contributed by atoms with Crippen LogP contribution >= 0.6 is 11.8 Å². The number of halogens is 3. The van der Waals surface area contributed by atoms with Gasteiger partial charge in [0, 0.05) is 6.20 Å². The van der Waals surface area contributed by atoms with Gasteiger partial charge in [0.05, 0.1) is 5.56 Å². The lowest BCUT2D eigenvalue weighted by molar-refractivity contribution is -0.154. The van der Waals surface area contributed by atoms with Crippen LogP contribution in [0.3, 0.4) is 0 Å². The maximum absolute atomic E-state index is 12.8. The van der Waals surface area contributed by atoms with Gasteiger partial charge in [-0.25, -0.2) is 4.98 Å². The van der Waals surface area contributed by atoms with E-state index in [-0.39, 0.29) is 12.0 Å². The molecule has 1 unspecified atom stereocenters. The molecule has 1 atom stereocenters. The van der Waals surface area contributed by atoms with E-state index in [9.17, 15) is 18.0 Å². The van der Waals surface area contributed by atoms with Crippen LogP contribution in [0.5, 0.6) is 0 Å². The first kappa shape index (κ1) is 12.2. The Kier molecular flexibility index (Phi) is 2.61. The first-order valence-corrected chi connectivity index (χ1v) is 5.59. The van der Waals surface area contributed by atoms with E-state index in [4.69, 9.17) is 5.73 Å². The zero-order chi connectivity index (χ0) is 12.8. The summed E-state index contributed by atoms with van der Waals surface area (Å²) < 4.78 is 36.6. The second-order valence-corrected chi connectivity index (χ2v) is 5.55. The van der Waals surface area contributed by atoms with Gasteiger partial charge in [-0.3, -0.25) is 4.79 Å². The maximum Gasteiger partial charge on any atom is 0.403 e. The van der Waals surface area contributed by atoms with E-state index in [1.165, 1.54) is 12.3 Å². The van der Waals surface area contributed by atoms with Crippen LogP contribution in [0.1, 0.15) is 22.8 Å². The standard InChI is InChI=1S/C10H9F3N2OS/c1-9(10(11,12)13)3-5-2-6(7(14)16)4-15-8(5)17-9/h2,4H,3H2,1H3,(H2,14,16). The van der Waals surface area contributed by atoms with E-state index in [0.29, 0.717) is 22.4 Å². The summed E-state index contributed by atoms with van der Waals surface area (Å²) in [5.41, 5.74) is 5.61. The lowest BCUT2D eigenvalue weighted by Gasteiger charge is -2.25. The molecule has 17 heavy (non-hydrogen) atoms. The van der Waals surface area contributed by atoms with E-state index in [2.05, 4.69) is 4.98 Å². The Labute approximate surface area is 99.6 Å². The maximum atomic E-state index is 12.8. The Bertz CT molecular complexity index is 489. The van der Waals surface area contributed by atoms with Crippen LogP contribution in [0.25, 0.3) is 0 Å². The Balaban J connectivity index is 2.37. The number of hydrogen-bond donors (Lipinski definition) is 1. The van der Waals surface area contributed by atoms with E-state index in [1.54, 1.807) is 0 Å². The minimum Gasteiger partial charge on any atom is -0.366 e. The van der Waals surface area contributed by atoms with Crippen molar-refractivity contribution in [1.82, 2.24) is 4.98 Å². The summed E-state index contributed by atoms with van der Waals surface area (Å²) in [6.07, 6.45) is -3.30. The third-order valence-electron chi connectivity index (χ3n) is 2.66. The average molecular weight is 262 g/mol. The van der Waals surface area contributed by atoms with Gasteiger partial charge in [-0.05, 0) is 25.0 Å². The van der Waals surface area contributed by atoms with Gasteiger partial charge in [0.1, 0.15) is 9.77 Å². The van der Waals surface area contributed by atoms with Crippen molar-refractivity contribution < 1.29 is 18.0 Å². The van der Waals surface area contributed by atoms with Crippen LogP contribution in [0.4, 0.5) is 13.2 Å². The summed E-state index contributed by atoms with van der Waals surface area (Å²) in [5, 5.41) is 0.315. The molecule has 3 nitrogen and oxygen atoms in total. The molecule has 1 aromatic rings. The molecular formula is C10H9F3N2OS. The molecule has 1 aliphatic rings. The van der Waals surface area contributed by atoms with Gasteiger partial charge in [0.2, 0.25) is 5.91 Å². The highest BCUT2D eigenvalue weighted by atomic mass is 32.2. The topological polar surface area (TPSA) is 56.0 Å². The number of fused-ring (bicyclic) bond motifs is 1. The molecule has 1 aromatic heterocycles. The molecule has 1 aliphatic heterocycles. The predicted octanol–water partition coefficient (Wildman–Crippen LogP) is 2.15.